The van der Waals surface area contributed by atoms with Crippen LogP contribution >= 0.6 is 11.6 Å². The van der Waals surface area contributed by atoms with Crippen LogP contribution in [0.4, 0.5) is 11.8 Å². The summed E-state index contributed by atoms with van der Waals surface area (Å²) >= 11 is 6.06. The molecule has 0 saturated carbocycles. The molecule has 2 heterocycles. The molecule has 6 heteroatoms. The number of nitrogens with one attached hydrogen (secondary N) is 2. The number of benzene rings is 1. The number of halogens is 1. The van der Waals surface area contributed by atoms with E-state index >= 15 is 0 Å². The van der Waals surface area contributed by atoms with Gasteiger partial charge in [0.15, 0.2) is 0 Å². The van der Waals surface area contributed by atoms with Gasteiger partial charge in [-0.1, -0.05) is 30.7 Å². The van der Waals surface area contributed by atoms with Crippen molar-refractivity contribution >= 4 is 23.4 Å². The fourth-order valence-electron chi connectivity index (χ4n) is 2.43. The number of anilines is 2. The van der Waals surface area contributed by atoms with Gasteiger partial charge in [-0.3, -0.25) is 4.98 Å². The lowest BCUT2D eigenvalue weighted by Gasteiger charge is -2.14. The number of hydrogen-bond donors (Lipinski definition) is 2. The summed E-state index contributed by atoms with van der Waals surface area (Å²) in [7, 11) is 0. The van der Waals surface area contributed by atoms with Gasteiger partial charge in [0.1, 0.15) is 5.82 Å². The first kappa shape index (κ1) is 18.1. The van der Waals surface area contributed by atoms with Crippen LogP contribution in [0.15, 0.2) is 54.9 Å². The van der Waals surface area contributed by atoms with Crippen molar-refractivity contribution in [3.8, 4) is 11.3 Å². The number of rotatable bonds is 7. The lowest BCUT2D eigenvalue weighted by atomic mass is 10.2. The maximum Gasteiger partial charge on any atom is 0.225 e. The van der Waals surface area contributed by atoms with E-state index in [0.29, 0.717) is 18.5 Å². The molecule has 1 aromatic carbocycles. The highest BCUT2D eigenvalue weighted by molar-refractivity contribution is 6.30. The van der Waals surface area contributed by atoms with E-state index in [4.69, 9.17) is 11.6 Å². The number of pyridine rings is 1. The molecule has 0 unspecified atom stereocenters. The van der Waals surface area contributed by atoms with E-state index in [2.05, 4.69) is 39.4 Å². The summed E-state index contributed by atoms with van der Waals surface area (Å²) in [5, 5.41) is 7.44. The second-order valence-corrected chi connectivity index (χ2v) is 6.57. The third kappa shape index (κ3) is 4.92. The molecule has 0 radical (unpaired) electrons. The van der Waals surface area contributed by atoms with Gasteiger partial charge in [0.2, 0.25) is 5.95 Å². The third-order valence-electron chi connectivity index (χ3n) is 4.05. The zero-order valence-electron chi connectivity index (χ0n) is 14.9. The van der Waals surface area contributed by atoms with Crippen molar-refractivity contribution in [2.24, 2.45) is 0 Å². The van der Waals surface area contributed by atoms with E-state index < -0.39 is 0 Å². The normalized spacial score (nSPS) is 11.8. The molecule has 0 saturated heterocycles. The first-order valence-electron chi connectivity index (χ1n) is 8.68. The van der Waals surface area contributed by atoms with E-state index in [1.165, 1.54) is 0 Å². The molecule has 0 aliphatic rings. The lowest BCUT2D eigenvalue weighted by molar-refractivity contribution is 0.753. The molecular formula is C20H22ClN5. The van der Waals surface area contributed by atoms with Crippen molar-refractivity contribution in [2.45, 2.75) is 32.9 Å². The highest BCUT2D eigenvalue weighted by Gasteiger charge is 2.09. The maximum absolute atomic E-state index is 6.06. The summed E-state index contributed by atoms with van der Waals surface area (Å²) in [6.45, 7) is 4.88. The highest BCUT2D eigenvalue weighted by atomic mass is 35.5. The smallest absolute Gasteiger partial charge is 0.225 e. The van der Waals surface area contributed by atoms with Crippen molar-refractivity contribution in [1.82, 2.24) is 15.0 Å². The zero-order valence-corrected chi connectivity index (χ0v) is 15.7. The Hall–Kier alpha value is -2.66. The average molecular weight is 368 g/mol. The summed E-state index contributed by atoms with van der Waals surface area (Å²) in [5.74, 6) is 1.37. The van der Waals surface area contributed by atoms with Gasteiger partial charge < -0.3 is 10.6 Å². The summed E-state index contributed by atoms with van der Waals surface area (Å²) in [4.78, 5) is 13.3. The SMILES string of the molecule is CC[C@H](C)Nc1nc(NCc2cccc(Cl)c2)cc(-c2ccncc2)n1. The highest BCUT2D eigenvalue weighted by Crippen LogP contribution is 2.22. The van der Waals surface area contributed by atoms with Crippen molar-refractivity contribution in [3.63, 3.8) is 0 Å². The van der Waals surface area contributed by atoms with Crippen LogP contribution in [0.25, 0.3) is 11.3 Å². The number of nitrogens with zero attached hydrogens (tertiary/aromatic N) is 3. The largest absolute Gasteiger partial charge is 0.366 e. The maximum atomic E-state index is 6.06. The van der Waals surface area contributed by atoms with Crippen LogP contribution in [0.2, 0.25) is 5.02 Å². The van der Waals surface area contributed by atoms with Crippen LogP contribution in [0.1, 0.15) is 25.8 Å². The Morgan fingerprint density at radius 1 is 1.08 bits per heavy atom. The van der Waals surface area contributed by atoms with Crippen molar-refractivity contribution in [3.05, 3.63) is 65.4 Å². The molecular weight excluding hydrogens is 346 g/mol. The topological polar surface area (TPSA) is 62.7 Å². The van der Waals surface area contributed by atoms with Crippen molar-refractivity contribution in [2.75, 3.05) is 10.6 Å². The molecule has 3 rings (SSSR count). The molecule has 0 aliphatic heterocycles. The predicted molar refractivity (Wildman–Crippen MR) is 107 cm³/mol. The van der Waals surface area contributed by atoms with Crippen LogP contribution < -0.4 is 10.6 Å². The Morgan fingerprint density at radius 3 is 2.62 bits per heavy atom. The second kappa shape index (κ2) is 8.63. The molecule has 0 spiro atoms. The molecule has 0 aliphatic carbocycles. The van der Waals surface area contributed by atoms with Gasteiger partial charge in [0.05, 0.1) is 5.69 Å². The van der Waals surface area contributed by atoms with E-state index in [1.54, 1.807) is 12.4 Å². The molecule has 26 heavy (non-hydrogen) atoms. The fourth-order valence-corrected chi connectivity index (χ4v) is 2.65. The Morgan fingerprint density at radius 2 is 1.88 bits per heavy atom. The second-order valence-electron chi connectivity index (χ2n) is 6.14. The molecule has 2 aromatic heterocycles. The minimum Gasteiger partial charge on any atom is -0.366 e. The Bertz CT molecular complexity index is 854. The van der Waals surface area contributed by atoms with Crippen LogP contribution in [-0.2, 0) is 6.54 Å². The van der Waals surface area contributed by atoms with E-state index in [0.717, 1.165) is 34.1 Å². The molecule has 134 valence electrons. The molecule has 3 aromatic rings. The Kier molecular flexibility index (Phi) is 6.02. The van der Waals surface area contributed by atoms with Gasteiger partial charge in [-0.05, 0) is 43.2 Å². The monoisotopic (exact) mass is 367 g/mol. The minimum atomic E-state index is 0.295. The summed E-state index contributed by atoms with van der Waals surface area (Å²) in [6.07, 6.45) is 4.52. The van der Waals surface area contributed by atoms with E-state index in [9.17, 15) is 0 Å². The van der Waals surface area contributed by atoms with Crippen LogP contribution in [0.3, 0.4) is 0 Å². The Labute approximate surface area is 158 Å². The standard InChI is InChI=1S/C20H22ClN5/c1-3-14(2)24-20-25-18(16-7-9-22-10-8-16)12-19(26-20)23-13-15-5-4-6-17(21)11-15/h4-12,14H,3,13H2,1-2H3,(H2,23,24,25,26)/t14-/m0/s1. The molecule has 5 nitrogen and oxygen atoms in total. The lowest BCUT2D eigenvalue weighted by Crippen LogP contribution is -2.16. The molecule has 0 bridgehead atoms. The first-order chi connectivity index (χ1) is 12.6. The molecule has 2 N–H and O–H groups in total. The van der Waals surface area contributed by atoms with Gasteiger partial charge in [-0.25, -0.2) is 4.98 Å². The van der Waals surface area contributed by atoms with E-state index in [-0.39, 0.29) is 0 Å². The fraction of sp³-hybridized carbons (Fsp3) is 0.250. The zero-order chi connectivity index (χ0) is 18.4. The summed E-state index contributed by atoms with van der Waals surface area (Å²) in [5.41, 5.74) is 2.94. The van der Waals surface area contributed by atoms with Gasteiger partial charge >= 0.3 is 0 Å². The van der Waals surface area contributed by atoms with Gasteiger partial charge in [-0.15, -0.1) is 0 Å². The van der Waals surface area contributed by atoms with Gasteiger partial charge in [-0.2, -0.15) is 4.98 Å². The quantitative estimate of drug-likeness (QED) is 0.614. The van der Waals surface area contributed by atoms with E-state index in [1.807, 2.05) is 42.5 Å². The van der Waals surface area contributed by atoms with Crippen LogP contribution in [0, 0.1) is 0 Å². The predicted octanol–water partition coefficient (Wildman–Crippen LogP) is 5.01. The number of aromatic nitrogens is 3. The average Bonchev–Trinajstić information content (AvgIpc) is 2.67. The third-order valence-corrected chi connectivity index (χ3v) is 4.29. The minimum absolute atomic E-state index is 0.295. The molecule has 0 fully saturated rings. The van der Waals surface area contributed by atoms with Crippen molar-refractivity contribution < 1.29 is 0 Å². The first-order valence-corrected chi connectivity index (χ1v) is 9.06. The summed E-state index contributed by atoms with van der Waals surface area (Å²) in [6, 6.07) is 13.9. The van der Waals surface area contributed by atoms with Crippen molar-refractivity contribution in [1.29, 1.82) is 0 Å². The summed E-state index contributed by atoms with van der Waals surface area (Å²) < 4.78 is 0. The molecule has 1 atom stereocenters. The number of hydrogen-bond acceptors (Lipinski definition) is 5. The van der Waals surface area contributed by atoms with Crippen LogP contribution in [0.5, 0.6) is 0 Å². The molecule has 0 amide bonds. The van der Waals surface area contributed by atoms with Gasteiger partial charge in [0.25, 0.3) is 0 Å². The van der Waals surface area contributed by atoms with Crippen LogP contribution in [-0.4, -0.2) is 21.0 Å². The Balaban J connectivity index is 1.86. The van der Waals surface area contributed by atoms with Gasteiger partial charge in [0, 0.05) is 41.6 Å².